The second-order valence-electron chi connectivity index (χ2n) is 3.57. The largest absolute Gasteiger partial charge is 0.480 e. The van der Waals surface area contributed by atoms with Crippen LogP contribution in [0.3, 0.4) is 0 Å². The number of nitrogens with two attached hydrogens (primary N) is 1. The number of hydrogen-bond acceptors (Lipinski definition) is 4. The standard InChI is InChI=1S/C10H19N3O4/c1-3-13(4-2)9(15)6-12(5-8(11)14)7-10(16)17/h3-7H2,1-2H3,(H2,11,14)(H,16,17). The zero-order valence-electron chi connectivity index (χ0n) is 10.2. The number of nitrogens with zero attached hydrogens (tertiary/aromatic N) is 2. The fourth-order valence-corrected chi connectivity index (χ4v) is 1.45. The molecule has 17 heavy (non-hydrogen) atoms. The number of carbonyl (C=O) groups excluding carboxylic acids is 2. The van der Waals surface area contributed by atoms with E-state index in [-0.39, 0.29) is 25.5 Å². The first-order chi connectivity index (χ1) is 7.90. The van der Waals surface area contributed by atoms with Crippen LogP contribution in [0.2, 0.25) is 0 Å². The van der Waals surface area contributed by atoms with Crippen LogP contribution in [0.5, 0.6) is 0 Å². The van der Waals surface area contributed by atoms with Gasteiger partial charge in [0.1, 0.15) is 0 Å². The number of likely N-dealkylation sites (N-methyl/N-ethyl adjacent to an activating group) is 1. The Hall–Kier alpha value is -1.63. The Labute approximate surface area is 100 Å². The van der Waals surface area contributed by atoms with Crippen LogP contribution in [0.25, 0.3) is 0 Å². The molecule has 0 spiro atoms. The highest BCUT2D eigenvalue weighted by molar-refractivity contribution is 5.81. The van der Waals surface area contributed by atoms with Gasteiger partial charge in [0.15, 0.2) is 0 Å². The number of amides is 2. The maximum Gasteiger partial charge on any atom is 0.317 e. The minimum Gasteiger partial charge on any atom is -0.480 e. The second-order valence-corrected chi connectivity index (χ2v) is 3.57. The molecule has 0 aliphatic carbocycles. The number of rotatable bonds is 8. The zero-order chi connectivity index (χ0) is 13.4. The van der Waals surface area contributed by atoms with Gasteiger partial charge in [-0.05, 0) is 13.8 Å². The van der Waals surface area contributed by atoms with E-state index >= 15 is 0 Å². The number of carboxylic acid groups (broad SMARTS) is 1. The van der Waals surface area contributed by atoms with Crippen molar-refractivity contribution in [3.63, 3.8) is 0 Å². The van der Waals surface area contributed by atoms with Gasteiger partial charge in [0.2, 0.25) is 11.8 Å². The molecule has 0 atom stereocenters. The van der Waals surface area contributed by atoms with Crippen molar-refractivity contribution in [1.29, 1.82) is 0 Å². The van der Waals surface area contributed by atoms with Gasteiger partial charge >= 0.3 is 5.97 Å². The van der Waals surface area contributed by atoms with Gasteiger partial charge in [-0.25, -0.2) is 0 Å². The third-order valence-corrected chi connectivity index (χ3v) is 2.21. The molecule has 2 amide bonds. The van der Waals surface area contributed by atoms with E-state index in [2.05, 4.69) is 0 Å². The Balaban J connectivity index is 4.45. The van der Waals surface area contributed by atoms with Crippen LogP contribution in [0.15, 0.2) is 0 Å². The molecule has 7 heteroatoms. The quantitative estimate of drug-likeness (QED) is 0.554. The first kappa shape index (κ1) is 15.4. The van der Waals surface area contributed by atoms with E-state index in [1.807, 2.05) is 13.8 Å². The molecule has 0 saturated heterocycles. The molecule has 0 unspecified atom stereocenters. The molecule has 0 aromatic rings. The summed E-state index contributed by atoms with van der Waals surface area (Å²) < 4.78 is 0. The summed E-state index contributed by atoms with van der Waals surface area (Å²) >= 11 is 0. The van der Waals surface area contributed by atoms with Crippen LogP contribution in [0, 0.1) is 0 Å². The third-order valence-electron chi connectivity index (χ3n) is 2.21. The number of carbonyl (C=O) groups is 3. The van der Waals surface area contributed by atoms with Crippen molar-refractivity contribution >= 4 is 17.8 Å². The average Bonchev–Trinajstić information content (AvgIpc) is 2.16. The van der Waals surface area contributed by atoms with Gasteiger partial charge in [0.25, 0.3) is 0 Å². The van der Waals surface area contributed by atoms with Crippen molar-refractivity contribution in [3.05, 3.63) is 0 Å². The lowest BCUT2D eigenvalue weighted by Gasteiger charge is -2.23. The Bertz CT molecular complexity index is 273. The van der Waals surface area contributed by atoms with Crippen molar-refractivity contribution < 1.29 is 19.5 Å². The van der Waals surface area contributed by atoms with Crippen LogP contribution in [0.1, 0.15) is 13.8 Å². The molecule has 3 N–H and O–H groups in total. The van der Waals surface area contributed by atoms with Gasteiger partial charge in [-0.2, -0.15) is 0 Å². The zero-order valence-corrected chi connectivity index (χ0v) is 10.2. The van der Waals surface area contributed by atoms with Crippen molar-refractivity contribution in [3.8, 4) is 0 Å². The summed E-state index contributed by atoms with van der Waals surface area (Å²) in [6.07, 6.45) is 0. The van der Waals surface area contributed by atoms with E-state index in [4.69, 9.17) is 10.8 Å². The van der Waals surface area contributed by atoms with E-state index in [9.17, 15) is 14.4 Å². The van der Waals surface area contributed by atoms with Gasteiger partial charge in [-0.3, -0.25) is 19.3 Å². The minimum absolute atomic E-state index is 0.114. The van der Waals surface area contributed by atoms with Gasteiger partial charge in [-0.1, -0.05) is 0 Å². The fraction of sp³-hybridized carbons (Fsp3) is 0.700. The highest BCUT2D eigenvalue weighted by Crippen LogP contribution is 1.94. The number of aliphatic carboxylic acids is 1. The summed E-state index contributed by atoms with van der Waals surface area (Å²) in [6.45, 7) is 4.03. The van der Waals surface area contributed by atoms with E-state index in [0.717, 1.165) is 0 Å². The summed E-state index contributed by atoms with van der Waals surface area (Å²) in [6, 6.07) is 0. The predicted octanol–water partition coefficient (Wildman–Crippen LogP) is -1.27. The molecule has 98 valence electrons. The lowest BCUT2D eigenvalue weighted by molar-refractivity contribution is -0.140. The summed E-state index contributed by atoms with van der Waals surface area (Å²) in [7, 11) is 0. The molecule has 0 aromatic heterocycles. The van der Waals surface area contributed by atoms with Gasteiger partial charge in [0.05, 0.1) is 19.6 Å². The smallest absolute Gasteiger partial charge is 0.317 e. The number of carboxylic acids is 1. The summed E-state index contributed by atoms with van der Waals surface area (Å²) in [4.78, 5) is 35.8. The molecule has 0 radical (unpaired) electrons. The molecule has 0 rings (SSSR count). The molecular weight excluding hydrogens is 226 g/mol. The highest BCUT2D eigenvalue weighted by Gasteiger charge is 2.18. The summed E-state index contributed by atoms with van der Waals surface area (Å²) in [5.41, 5.74) is 4.99. The van der Waals surface area contributed by atoms with E-state index in [1.165, 1.54) is 4.90 Å². The van der Waals surface area contributed by atoms with E-state index in [0.29, 0.717) is 13.1 Å². The number of hydrogen-bond donors (Lipinski definition) is 2. The maximum atomic E-state index is 11.7. The molecule has 0 fully saturated rings. The van der Waals surface area contributed by atoms with Crippen LogP contribution >= 0.6 is 0 Å². The fourth-order valence-electron chi connectivity index (χ4n) is 1.45. The SMILES string of the molecule is CCN(CC)C(=O)CN(CC(N)=O)CC(=O)O. The Morgan fingerprint density at radius 2 is 1.59 bits per heavy atom. The molecule has 0 bridgehead atoms. The van der Waals surface area contributed by atoms with Crippen molar-refractivity contribution in [2.24, 2.45) is 5.73 Å². The topological polar surface area (TPSA) is 104 Å². The average molecular weight is 245 g/mol. The monoisotopic (exact) mass is 245 g/mol. The second kappa shape index (κ2) is 7.61. The molecule has 0 aromatic carbocycles. The molecule has 7 nitrogen and oxygen atoms in total. The normalized spacial score (nSPS) is 10.3. The molecule has 0 saturated carbocycles. The third kappa shape index (κ3) is 6.52. The van der Waals surface area contributed by atoms with Gasteiger partial charge in [-0.15, -0.1) is 0 Å². The van der Waals surface area contributed by atoms with Gasteiger partial charge in [0, 0.05) is 13.1 Å². The highest BCUT2D eigenvalue weighted by atomic mass is 16.4. The maximum absolute atomic E-state index is 11.7. The van der Waals surface area contributed by atoms with E-state index in [1.54, 1.807) is 4.90 Å². The van der Waals surface area contributed by atoms with Crippen LogP contribution < -0.4 is 5.73 Å². The van der Waals surface area contributed by atoms with Crippen LogP contribution in [-0.4, -0.2) is 65.4 Å². The Morgan fingerprint density at radius 3 is 1.94 bits per heavy atom. The summed E-state index contributed by atoms with van der Waals surface area (Å²) in [5.74, 6) is -1.96. The van der Waals surface area contributed by atoms with Crippen LogP contribution in [-0.2, 0) is 14.4 Å². The van der Waals surface area contributed by atoms with Gasteiger partial charge < -0.3 is 15.7 Å². The minimum atomic E-state index is -1.10. The predicted molar refractivity (Wildman–Crippen MR) is 61.2 cm³/mol. The lowest BCUT2D eigenvalue weighted by atomic mass is 10.3. The molecule has 0 heterocycles. The number of primary amides is 1. The first-order valence-corrected chi connectivity index (χ1v) is 5.40. The van der Waals surface area contributed by atoms with Crippen molar-refractivity contribution in [2.45, 2.75) is 13.8 Å². The van der Waals surface area contributed by atoms with Crippen LogP contribution in [0.4, 0.5) is 0 Å². The lowest BCUT2D eigenvalue weighted by Crippen LogP contribution is -2.45. The van der Waals surface area contributed by atoms with Crippen molar-refractivity contribution in [2.75, 3.05) is 32.7 Å². The summed E-state index contributed by atoms with van der Waals surface area (Å²) in [5, 5.41) is 8.64. The first-order valence-electron chi connectivity index (χ1n) is 5.40. The Kier molecular flexibility index (Phi) is 6.88. The molecule has 0 aliphatic rings. The van der Waals surface area contributed by atoms with E-state index < -0.39 is 11.9 Å². The Morgan fingerprint density at radius 1 is 1.06 bits per heavy atom. The molecule has 0 aliphatic heterocycles. The van der Waals surface area contributed by atoms with Crippen molar-refractivity contribution in [1.82, 2.24) is 9.80 Å². The molecular formula is C10H19N3O4.